The number of rotatable bonds is 5. The van der Waals surface area contributed by atoms with Crippen LogP contribution in [0, 0.1) is 12.8 Å². The maximum atomic E-state index is 14.0. The van der Waals surface area contributed by atoms with Crippen molar-refractivity contribution in [2.24, 2.45) is 5.92 Å². The zero-order valence-corrected chi connectivity index (χ0v) is 23.6. The van der Waals surface area contributed by atoms with E-state index in [1.54, 1.807) is 18.2 Å². The van der Waals surface area contributed by atoms with E-state index in [0.29, 0.717) is 49.2 Å². The zero-order valence-electron chi connectivity index (χ0n) is 21.3. The highest BCUT2D eigenvalue weighted by atomic mass is 35.5. The predicted molar refractivity (Wildman–Crippen MR) is 152 cm³/mol. The summed E-state index contributed by atoms with van der Waals surface area (Å²) in [4.78, 5) is 18.3. The van der Waals surface area contributed by atoms with E-state index >= 15 is 0 Å². The van der Waals surface area contributed by atoms with Crippen molar-refractivity contribution in [1.82, 2.24) is 9.21 Å². The maximum absolute atomic E-state index is 14.0. The first-order chi connectivity index (χ1) is 18.2. The predicted octanol–water partition coefficient (Wildman–Crippen LogP) is 5.45. The van der Waals surface area contributed by atoms with Crippen molar-refractivity contribution in [2.75, 3.05) is 44.2 Å². The first-order valence-electron chi connectivity index (χ1n) is 12.8. The maximum Gasteiger partial charge on any atom is 0.243 e. The summed E-state index contributed by atoms with van der Waals surface area (Å²) in [6.07, 6.45) is 0.571. The molecule has 0 bridgehead atoms. The van der Waals surface area contributed by atoms with Crippen LogP contribution in [0.5, 0.6) is 0 Å². The Bertz CT molecular complexity index is 1410. The number of aryl methyl sites for hydroxylation is 1. The number of hydrogen-bond acceptors (Lipinski definition) is 4. The molecule has 1 amide bonds. The standard InChI is InChI=1S/C29H31Cl2N3O3S/c1-21-10-11-24(31)19-28(21)32-14-16-33(17-15-32)29(35)27-20-34(13-12-26(27)22-6-3-2-4-7-22)38(36,37)25-9-5-8-23(30)18-25/h2-11,18-19,26-27H,12-17,20H2,1H3. The van der Waals surface area contributed by atoms with E-state index in [1.165, 1.54) is 10.4 Å². The van der Waals surface area contributed by atoms with Crippen LogP contribution in [0.4, 0.5) is 5.69 Å². The summed E-state index contributed by atoms with van der Waals surface area (Å²) in [5.41, 5.74) is 3.30. The molecule has 0 spiro atoms. The lowest BCUT2D eigenvalue weighted by Gasteiger charge is -2.42. The second-order valence-corrected chi connectivity index (χ2v) is 12.8. The molecule has 38 heavy (non-hydrogen) atoms. The Kier molecular flexibility index (Phi) is 8.00. The smallest absolute Gasteiger partial charge is 0.243 e. The molecule has 2 unspecified atom stereocenters. The van der Waals surface area contributed by atoms with Gasteiger partial charge in [0.05, 0.1) is 10.8 Å². The number of piperidine rings is 1. The Morgan fingerprint density at radius 2 is 1.55 bits per heavy atom. The Morgan fingerprint density at radius 3 is 2.26 bits per heavy atom. The minimum atomic E-state index is -3.78. The highest BCUT2D eigenvalue weighted by molar-refractivity contribution is 7.89. The summed E-state index contributed by atoms with van der Waals surface area (Å²) in [6.45, 7) is 5.08. The molecule has 6 nitrogen and oxygen atoms in total. The molecule has 2 atom stereocenters. The SMILES string of the molecule is Cc1ccc(Cl)cc1N1CCN(C(=O)C2CN(S(=O)(=O)c3cccc(Cl)c3)CCC2c2ccccc2)CC1. The molecule has 2 aliphatic rings. The minimum Gasteiger partial charge on any atom is -0.368 e. The van der Waals surface area contributed by atoms with Gasteiger partial charge in [0.15, 0.2) is 0 Å². The summed E-state index contributed by atoms with van der Waals surface area (Å²) in [7, 11) is -3.78. The average molecular weight is 573 g/mol. The largest absolute Gasteiger partial charge is 0.368 e. The average Bonchev–Trinajstić information content (AvgIpc) is 2.94. The molecule has 2 heterocycles. The fraction of sp³-hybridized carbons (Fsp3) is 0.345. The monoisotopic (exact) mass is 571 g/mol. The van der Waals surface area contributed by atoms with E-state index < -0.39 is 15.9 Å². The molecule has 2 aliphatic heterocycles. The van der Waals surface area contributed by atoms with Crippen LogP contribution >= 0.6 is 23.2 Å². The van der Waals surface area contributed by atoms with Crippen LogP contribution in [0.25, 0.3) is 0 Å². The van der Waals surface area contributed by atoms with Crippen LogP contribution in [-0.2, 0) is 14.8 Å². The second kappa shape index (κ2) is 11.3. The van der Waals surface area contributed by atoms with Crippen LogP contribution in [0.3, 0.4) is 0 Å². The third-order valence-corrected chi connectivity index (χ3v) is 9.99. The Balaban J connectivity index is 1.37. The van der Waals surface area contributed by atoms with E-state index in [9.17, 15) is 13.2 Å². The van der Waals surface area contributed by atoms with Gasteiger partial charge in [-0.3, -0.25) is 4.79 Å². The van der Waals surface area contributed by atoms with Crippen molar-refractivity contribution in [1.29, 1.82) is 0 Å². The van der Waals surface area contributed by atoms with Crippen molar-refractivity contribution in [3.63, 3.8) is 0 Å². The minimum absolute atomic E-state index is 0.00677. The molecule has 3 aromatic carbocycles. The van der Waals surface area contributed by atoms with E-state index in [-0.39, 0.29) is 23.3 Å². The summed E-state index contributed by atoms with van der Waals surface area (Å²) in [6, 6.07) is 22.1. The lowest BCUT2D eigenvalue weighted by atomic mass is 9.80. The van der Waals surface area contributed by atoms with Crippen molar-refractivity contribution >= 4 is 44.8 Å². The molecule has 2 saturated heterocycles. The van der Waals surface area contributed by atoms with Gasteiger partial charge in [0.1, 0.15) is 0 Å². The van der Waals surface area contributed by atoms with Gasteiger partial charge in [0, 0.05) is 55.0 Å². The van der Waals surface area contributed by atoms with Gasteiger partial charge >= 0.3 is 0 Å². The number of benzene rings is 3. The van der Waals surface area contributed by atoms with Gasteiger partial charge in [-0.1, -0.05) is 65.7 Å². The quantitative estimate of drug-likeness (QED) is 0.409. The van der Waals surface area contributed by atoms with E-state index in [2.05, 4.69) is 11.8 Å². The summed E-state index contributed by atoms with van der Waals surface area (Å²) in [5, 5.41) is 1.06. The number of halogens is 2. The molecule has 2 fully saturated rings. The van der Waals surface area contributed by atoms with Crippen LogP contribution in [0.2, 0.25) is 10.0 Å². The summed E-state index contributed by atoms with van der Waals surface area (Å²) < 4.78 is 28.5. The topological polar surface area (TPSA) is 60.9 Å². The Hall–Kier alpha value is -2.58. The lowest BCUT2D eigenvalue weighted by Crippen LogP contribution is -2.54. The number of anilines is 1. The van der Waals surface area contributed by atoms with Crippen LogP contribution in [0.1, 0.15) is 23.5 Å². The van der Waals surface area contributed by atoms with E-state index in [1.807, 2.05) is 53.4 Å². The van der Waals surface area contributed by atoms with Gasteiger partial charge in [-0.2, -0.15) is 4.31 Å². The Morgan fingerprint density at radius 1 is 0.842 bits per heavy atom. The highest BCUT2D eigenvalue weighted by Gasteiger charge is 2.41. The van der Waals surface area contributed by atoms with Crippen LogP contribution < -0.4 is 4.90 Å². The molecule has 0 N–H and O–H groups in total. The Labute approximate surface area is 234 Å². The fourth-order valence-corrected chi connectivity index (χ4v) is 7.54. The van der Waals surface area contributed by atoms with Gasteiger partial charge in [-0.25, -0.2) is 8.42 Å². The van der Waals surface area contributed by atoms with Crippen LogP contribution in [0.15, 0.2) is 77.7 Å². The molecule has 5 rings (SSSR count). The third kappa shape index (κ3) is 5.57. The van der Waals surface area contributed by atoms with Gasteiger partial charge in [0.2, 0.25) is 15.9 Å². The first-order valence-corrected chi connectivity index (χ1v) is 15.0. The normalized spacial score (nSPS) is 20.9. The molecular weight excluding hydrogens is 541 g/mol. The lowest BCUT2D eigenvalue weighted by molar-refractivity contribution is -0.137. The van der Waals surface area contributed by atoms with Gasteiger partial charge < -0.3 is 9.80 Å². The summed E-state index contributed by atoms with van der Waals surface area (Å²) >= 11 is 12.3. The first kappa shape index (κ1) is 27.0. The molecule has 200 valence electrons. The van der Waals surface area contributed by atoms with Gasteiger partial charge in [0.25, 0.3) is 0 Å². The number of piperazine rings is 1. The summed E-state index contributed by atoms with van der Waals surface area (Å²) in [5.74, 6) is -0.519. The fourth-order valence-electron chi connectivity index (χ4n) is 5.59. The number of nitrogens with zero attached hydrogens (tertiary/aromatic N) is 3. The molecular formula is C29H31Cl2N3O3S. The van der Waals surface area contributed by atoms with E-state index in [4.69, 9.17) is 23.2 Å². The highest BCUT2D eigenvalue weighted by Crippen LogP contribution is 2.37. The van der Waals surface area contributed by atoms with Crippen LogP contribution in [-0.4, -0.2) is 62.8 Å². The number of hydrogen-bond donors (Lipinski definition) is 0. The number of carbonyl (C=O) groups is 1. The van der Waals surface area contributed by atoms with Crippen molar-refractivity contribution in [3.05, 3.63) is 94.0 Å². The third-order valence-electron chi connectivity index (χ3n) is 7.66. The van der Waals surface area contributed by atoms with Gasteiger partial charge in [-0.15, -0.1) is 0 Å². The second-order valence-electron chi connectivity index (χ2n) is 9.98. The number of carbonyl (C=O) groups excluding carboxylic acids is 1. The van der Waals surface area contributed by atoms with Crippen molar-refractivity contribution in [2.45, 2.75) is 24.2 Å². The molecule has 9 heteroatoms. The van der Waals surface area contributed by atoms with Gasteiger partial charge in [-0.05, 0) is 60.7 Å². The number of sulfonamides is 1. The van der Waals surface area contributed by atoms with E-state index in [0.717, 1.165) is 16.8 Å². The molecule has 0 saturated carbocycles. The molecule has 0 aliphatic carbocycles. The van der Waals surface area contributed by atoms with Crippen molar-refractivity contribution < 1.29 is 13.2 Å². The number of amides is 1. The molecule has 0 radical (unpaired) electrons. The molecule has 0 aromatic heterocycles. The zero-order chi connectivity index (χ0) is 26.9. The van der Waals surface area contributed by atoms with Crippen molar-refractivity contribution in [3.8, 4) is 0 Å². The molecule has 3 aromatic rings.